The molecule has 21 heavy (non-hydrogen) atoms. The molecule has 0 radical (unpaired) electrons. The van der Waals surface area contributed by atoms with Crippen LogP contribution in [-0.4, -0.2) is 24.1 Å². The summed E-state index contributed by atoms with van der Waals surface area (Å²) < 4.78 is 29.8. The van der Waals surface area contributed by atoms with Crippen molar-refractivity contribution in [2.45, 2.75) is 75.0 Å². The molecule has 3 rings (SSSR count). The van der Waals surface area contributed by atoms with Gasteiger partial charge in [-0.2, -0.15) is 0 Å². The van der Waals surface area contributed by atoms with E-state index in [2.05, 4.69) is 4.72 Å². The largest absolute Gasteiger partial charge is 0.390 e. The fraction of sp³-hybridized carbons (Fsp3) is 0.733. The minimum absolute atomic E-state index is 0.0550. The summed E-state index contributed by atoms with van der Waals surface area (Å²) in [5.74, 6) is 0. The standard InChI is InChI=1S/C15H24N2O3S/c18-11-14-9-15(10-17(14)13-7-8-13)21(19,20)16-12-5-3-1-2-4-6-12/h9-10,12-13,16,18H,1-8,11H2. The molecule has 0 bridgehead atoms. The van der Waals surface area contributed by atoms with Crippen molar-refractivity contribution in [2.24, 2.45) is 0 Å². The van der Waals surface area contributed by atoms with Gasteiger partial charge < -0.3 is 9.67 Å². The molecule has 0 unspecified atom stereocenters. The third-order valence-corrected chi connectivity index (χ3v) is 5.98. The fourth-order valence-corrected chi connectivity index (χ4v) is 4.50. The van der Waals surface area contributed by atoms with E-state index in [4.69, 9.17) is 0 Å². The van der Waals surface area contributed by atoms with Gasteiger partial charge in [0.15, 0.2) is 0 Å². The summed E-state index contributed by atoms with van der Waals surface area (Å²) in [6, 6.07) is 2.03. The Kier molecular flexibility index (Phi) is 4.38. The zero-order chi connectivity index (χ0) is 14.9. The van der Waals surface area contributed by atoms with Gasteiger partial charge in [0, 0.05) is 24.0 Å². The van der Waals surface area contributed by atoms with Crippen LogP contribution in [0, 0.1) is 0 Å². The molecule has 2 N–H and O–H groups in total. The molecule has 1 heterocycles. The average Bonchev–Trinajstić information content (AvgIpc) is 3.24. The van der Waals surface area contributed by atoms with Crippen molar-refractivity contribution in [3.63, 3.8) is 0 Å². The molecule has 0 saturated heterocycles. The molecule has 0 aliphatic heterocycles. The van der Waals surface area contributed by atoms with Crippen molar-refractivity contribution in [3.05, 3.63) is 18.0 Å². The molecule has 0 spiro atoms. The second-order valence-corrected chi connectivity index (χ2v) is 7.99. The molecule has 6 heteroatoms. The van der Waals surface area contributed by atoms with Crippen molar-refractivity contribution in [3.8, 4) is 0 Å². The maximum Gasteiger partial charge on any atom is 0.242 e. The zero-order valence-corrected chi connectivity index (χ0v) is 13.1. The summed E-state index contributed by atoms with van der Waals surface area (Å²) in [6.07, 6.45) is 10.3. The van der Waals surface area contributed by atoms with Crippen LogP contribution in [0.2, 0.25) is 0 Å². The Morgan fingerprint density at radius 2 is 1.81 bits per heavy atom. The van der Waals surface area contributed by atoms with Crippen LogP contribution < -0.4 is 4.72 Å². The fourth-order valence-electron chi connectivity index (χ4n) is 3.15. The minimum atomic E-state index is -3.48. The van der Waals surface area contributed by atoms with Gasteiger partial charge in [-0.3, -0.25) is 0 Å². The predicted octanol–water partition coefficient (Wildman–Crippen LogP) is 2.32. The Labute approximate surface area is 126 Å². The topological polar surface area (TPSA) is 71.3 Å². The lowest BCUT2D eigenvalue weighted by atomic mass is 10.1. The number of aliphatic hydroxyl groups is 1. The third kappa shape index (κ3) is 3.49. The van der Waals surface area contributed by atoms with Crippen LogP contribution in [0.5, 0.6) is 0 Å². The number of aromatic nitrogens is 1. The monoisotopic (exact) mass is 312 g/mol. The van der Waals surface area contributed by atoms with E-state index >= 15 is 0 Å². The van der Waals surface area contributed by atoms with Crippen LogP contribution >= 0.6 is 0 Å². The van der Waals surface area contributed by atoms with E-state index in [1.807, 2.05) is 4.57 Å². The summed E-state index contributed by atoms with van der Waals surface area (Å²) in [5.41, 5.74) is 0.693. The van der Waals surface area contributed by atoms with Crippen LogP contribution in [0.4, 0.5) is 0 Å². The number of nitrogens with zero attached hydrogens (tertiary/aromatic N) is 1. The van der Waals surface area contributed by atoms with E-state index in [1.165, 1.54) is 12.8 Å². The lowest BCUT2D eigenvalue weighted by Gasteiger charge is -2.15. The molecular formula is C15H24N2O3S. The predicted molar refractivity (Wildman–Crippen MR) is 80.4 cm³/mol. The zero-order valence-electron chi connectivity index (χ0n) is 12.3. The van der Waals surface area contributed by atoms with E-state index in [-0.39, 0.29) is 12.6 Å². The highest BCUT2D eigenvalue weighted by atomic mass is 32.2. The Hall–Kier alpha value is -0.850. The van der Waals surface area contributed by atoms with Crippen LogP contribution in [0.3, 0.4) is 0 Å². The van der Waals surface area contributed by atoms with Gasteiger partial charge in [-0.05, 0) is 31.7 Å². The molecule has 118 valence electrons. The molecule has 2 fully saturated rings. The van der Waals surface area contributed by atoms with Gasteiger partial charge in [0.25, 0.3) is 0 Å². The molecule has 1 aromatic rings. The number of sulfonamides is 1. The Bertz CT molecular complexity index is 582. The third-order valence-electron chi connectivity index (χ3n) is 4.50. The summed E-state index contributed by atoms with van der Waals surface area (Å²) >= 11 is 0. The highest BCUT2D eigenvalue weighted by molar-refractivity contribution is 7.89. The molecule has 1 aromatic heterocycles. The first-order valence-electron chi connectivity index (χ1n) is 7.94. The van der Waals surface area contributed by atoms with E-state index in [0.717, 1.165) is 38.5 Å². The van der Waals surface area contributed by atoms with Crippen molar-refractivity contribution < 1.29 is 13.5 Å². The maximum absolute atomic E-state index is 12.5. The Morgan fingerprint density at radius 3 is 2.38 bits per heavy atom. The summed E-state index contributed by atoms with van der Waals surface area (Å²) in [4.78, 5) is 0.294. The van der Waals surface area contributed by atoms with Crippen molar-refractivity contribution >= 4 is 10.0 Å². The van der Waals surface area contributed by atoms with Crippen molar-refractivity contribution in [1.29, 1.82) is 0 Å². The Morgan fingerprint density at radius 1 is 1.14 bits per heavy atom. The average molecular weight is 312 g/mol. The van der Waals surface area contributed by atoms with Gasteiger partial charge in [-0.25, -0.2) is 13.1 Å². The van der Waals surface area contributed by atoms with Crippen molar-refractivity contribution in [2.75, 3.05) is 0 Å². The van der Waals surface area contributed by atoms with Crippen molar-refractivity contribution in [1.82, 2.24) is 9.29 Å². The Balaban J connectivity index is 1.77. The summed E-state index contributed by atoms with van der Waals surface area (Å²) in [6.45, 7) is -0.116. The first kappa shape index (κ1) is 15.1. The van der Waals surface area contributed by atoms with E-state index in [1.54, 1.807) is 12.3 Å². The van der Waals surface area contributed by atoms with E-state index in [9.17, 15) is 13.5 Å². The number of aliphatic hydroxyl groups excluding tert-OH is 1. The molecular weight excluding hydrogens is 288 g/mol. The second kappa shape index (κ2) is 6.10. The number of nitrogens with one attached hydrogen (secondary N) is 1. The molecule has 2 saturated carbocycles. The first-order chi connectivity index (χ1) is 10.1. The molecule has 0 aromatic carbocycles. The smallest absolute Gasteiger partial charge is 0.242 e. The second-order valence-electron chi connectivity index (χ2n) is 6.27. The minimum Gasteiger partial charge on any atom is -0.390 e. The van der Waals surface area contributed by atoms with Crippen LogP contribution in [0.25, 0.3) is 0 Å². The van der Waals surface area contributed by atoms with Crippen LogP contribution in [0.15, 0.2) is 17.2 Å². The molecule has 2 aliphatic carbocycles. The van der Waals surface area contributed by atoms with Gasteiger partial charge >= 0.3 is 0 Å². The number of hydrogen-bond acceptors (Lipinski definition) is 3. The van der Waals surface area contributed by atoms with Gasteiger partial charge in [-0.15, -0.1) is 0 Å². The van der Waals surface area contributed by atoms with Crippen LogP contribution in [0.1, 0.15) is 63.1 Å². The summed E-state index contributed by atoms with van der Waals surface area (Å²) in [5, 5.41) is 9.40. The van der Waals surface area contributed by atoms with Gasteiger partial charge in [0.05, 0.1) is 11.5 Å². The highest BCUT2D eigenvalue weighted by Gasteiger charge is 2.29. The van der Waals surface area contributed by atoms with E-state index in [0.29, 0.717) is 16.6 Å². The number of hydrogen-bond donors (Lipinski definition) is 2. The lowest BCUT2D eigenvalue weighted by Crippen LogP contribution is -2.34. The molecule has 2 aliphatic rings. The van der Waals surface area contributed by atoms with Gasteiger partial charge in [0.2, 0.25) is 10.0 Å². The molecule has 5 nitrogen and oxygen atoms in total. The molecule has 0 amide bonds. The normalized spacial score (nSPS) is 21.4. The van der Waals surface area contributed by atoms with Crippen LogP contribution in [-0.2, 0) is 16.6 Å². The maximum atomic E-state index is 12.5. The molecule has 0 atom stereocenters. The van der Waals surface area contributed by atoms with Gasteiger partial charge in [0.1, 0.15) is 0 Å². The lowest BCUT2D eigenvalue weighted by molar-refractivity contribution is 0.270. The SMILES string of the molecule is O=S(=O)(NC1CCCCCC1)c1cc(CO)n(C2CC2)c1. The first-order valence-corrected chi connectivity index (χ1v) is 9.42. The number of rotatable bonds is 5. The quantitative estimate of drug-likeness (QED) is 0.820. The van der Waals surface area contributed by atoms with E-state index < -0.39 is 10.0 Å². The van der Waals surface area contributed by atoms with Gasteiger partial charge in [-0.1, -0.05) is 25.7 Å². The highest BCUT2D eigenvalue weighted by Crippen LogP contribution is 2.37. The summed E-state index contributed by atoms with van der Waals surface area (Å²) in [7, 11) is -3.48.